The van der Waals surface area contributed by atoms with Gasteiger partial charge >= 0.3 is 0 Å². The van der Waals surface area contributed by atoms with Gasteiger partial charge in [-0.15, -0.1) is 0 Å². The Morgan fingerprint density at radius 3 is 2.04 bits per heavy atom. The van der Waals surface area contributed by atoms with E-state index in [0.717, 1.165) is 18.3 Å². The molecule has 0 amide bonds. The van der Waals surface area contributed by atoms with Crippen LogP contribution in [0.5, 0.6) is 0 Å². The molecule has 2 nitrogen and oxygen atoms in total. The van der Waals surface area contributed by atoms with Crippen LogP contribution < -0.4 is 5.73 Å². The average Bonchev–Trinajstić information content (AvgIpc) is 2.49. The van der Waals surface area contributed by atoms with Crippen LogP contribution in [0.1, 0.15) is 80.6 Å². The zero-order valence-corrected chi connectivity index (χ0v) is 16.7. The molecule has 1 unspecified atom stereocenters. The van der Waals surface area contributed by atoms with Crippen molar-refractivity contribution in [3.05, 3.63) is 23.5 Å². The minimum absolute atomic E-state index is 0.0336. The van der Waals surface area contributed by atoms with Crippen LogP contribution in [0.25, 0.3) is 0 Å². The molecule has 0 saturated heterocycles. The van der Waals surface area contributed by atoms with Crippen molar-refractivity contribution < 1.29 is 4.74 Å². The van der Waals surface area contributed by atoms with Crippen molar-refractivity contribution in [2.75, 3.05) is 6.61 Å². The predicted octanol–water partition coefficient (Wildman–Crippen LogP) is 6.08. The van der Waals surface area contributed by atoms with Gasteiger partial charge in [0.25, 0.3) is 0 Å². The number of hydrogen-bond acceptors (Lipinski definition) is 2. The predicted molar refractivity (Wildman–Crippen MR) is 103 cm³/mol. The lowest BCUT2D eigenvalue weighted by atomic mass is 9.83. The molecule has 0 aromatic heterocycles. The largest absolute Gasteiger partial charge is 0.496 e. The van der Waals surface area contributed by atoms with E-state index in [1.165, 1.54) is 37.7 Å². The summed E-state index contributed by atoms with van der Waals surface area (Å²) in [6, 6.07) is -0.0336. The van der Waals surface area contributed by atoms with Gasteiger partial charge in [0.05, 0.1) is 12.6 Å². The summed E-state index contributed by atoms with van der Waals surface area (Å²) in [5, 5.41) is 0. The van der Waals surface area contributed by atoms with Crippen LogP contribution in [0, 0.1) is 17.8 Å². The second-order valence-electron chi connectivity index (χ2n) is 7.57. The van der Waals surface area contributed by atoms with Crippen molar-refractivity contribution in [2.24, 2.45) is 23.5 Å². The van der Waals surface area contributed by atoms with E-state index in [0.29, 0.717) is 11.8 Å². The van der Waals surface area contributed by atoms with Crippen LogP contribution in [0.3, 0.4) is 0 Å². The molecule has 23 heavy (non-hydrogen) atoms. The molecule has 1 atom stereocenters. The van der Waals surface area contributed by atoms with Crippen LogP contribution in [-0.2, 0) is 4.74 Å². The van der Waals surface area contributed by atoms with Crippen molar-refractivity contribution in [3.63, 3.8) is 0 Å². The van der Waals surface area contributed by atoms with E-state index >= 15 is 0 Å². The second kappa shape index (κ2) is 12.6. The third-order valence-corrected chi connectivity index (χ3v) is 4.49. The minimum Gasteiger partial charge on any atom is -0.496 e. The number of ether oxygens (including phenoxy) is 1. The van der Waals surface area contributed by atoms with Crippen LogP contribution in [-0.4, -0.2) is 12.6 Å². The molecule has 0 aliphatic heterocycles. The van der Waals surface area contributed by atoms with Gasteiger partial charge in [-0.1, -0.05) is 65.5 Å². The quantitative estimate of drug-likeness (QED) is 0.475. The van der Waals surface area contributed by atoms with Gasteiger partial charge in [-0.3, -0.25) is 0 Å². The maximum Gasteiger partial charge on any atom is 0.112 e. The molecule has 0 spiro atoms. The molecule has 0 aromatic rings. The number of rotatable bonds is 6. The summed E-state index contributed by atoms with van der Waals surface area (Å²) in [4.78, 5) is 0. The molecule has 0 radical (unpaired) electrons. The fourth-order valence-electron chi connectivity index (χ4n) is 2.45. The lowest BCUT2D eigenvalue weighted by Crippen LogP contribution is -2.23. The van der Waals surface area contributed by atoms with E-state index in [9.17, 15) is 0 Å². The summed E-state index contributed by atoms with van der Waals surface area (Å²) in [7, 11) is 0. The Morgan fingerprint density at radius 1 is 1.09 bits per heavy atom. The van der Waals surface area contributed by atoms with Gasteiger partial charge in [-0.25, -0.2) is 0 Å². The summed E-state index contributed by atoms with van der Waals surface area (Å²) < 4.78 is 6.00. The molecule has 1 aliphatic carbocycles. The van der Waals surface area contributed by atoms with Crippen LogP contribution in [0.4, 0.5) is 0 Å². The van der Waals surface area contributed by atoms with E-state index in [4.69, 9.17) is 10.5 Å². The highest BCUT2D eigenvalue weighted by molar-refractivity contribution is 5.17. The Hall–Kier alpha value is -0.760. The van der Waals surface area contributed by atoms with Gasteiger partial charge in [0, 0.05) is 0 Å². The molecule has 1 fully saturated rings. The zero-order valence-electron chi connectivity index (χ0n) is 16.7. The molecule has 1 aliphatic rings. The molecule has 0 heterocycles. The first-order valence-electron chi connectivity index (χ1n) is 9.58. The molecule has 136 valence electrons. The summed E-state index contributed by atoms with van der Waals surface area (Å²) >= 11 is 0. The average molecular weight is 324 g/mol. The van der Waals surface area contributed by atoms with Gasteiger partial charge in [-0.2, -0.15) is 0 Å². The highest BCUT2D eigenvalue weighted by Crippen LogP contribution is 2.28. The summed E-state index contributed by atoms with van der Waals surface area (Å²) in [5.41, 5.74) is 7.37. The maximum absolute atomic E-state index is 6.01. The van der Waals surface area contributed by atoms with Gasteiger partial charge < -0.3 is 10.5 Å². The Morgan fingerprint density at radius 2 is 1.61 bits per heavy atom. The molecule has 1 saturated carbocycles. The number of hydrogen-bond donors (Lipinski definition) is 1. The van der Waals surface area contributed by atoms with E-state index in [-0.39, 0.29) is 6.04 Å². The third kappa shape index (κ3) is 10.6. The third-order valence-electron chi connectivity index (χ3n) is 4.49. The lowest BCUT2D eigenvalue weighted by molar-refractivity contribution is 0.122. The minimum atomic E-state index is -0.0336. The molecule has 2 heteroatoms. The van der Waals surface area contributed by atoms with E-state index in [1.54, 1.807) is 0 Å². The maximum atomic E-state index is 6.01. The second-order valence-corrected chi connectivity index (χ2v) is 7.57. The molecule has 2 N–H and O–H groups in total. The summed E-state index contributed by atoms with van der Waals surface area (Å²) in [5.74, 6) is 3.10. The van der Waals surface area contributed by atoms with Crippen molar-refractivity contribution in [1.29, 1.82) is 0 Å². The Bertz CT molecular complexity index is 347. The highest BCUT2D eigenvalue weighted by Gasteiger charge is 2.19. The fraction of sp³-hybridized carbons (Fsp3) is 0.810. The van der Waals surface area contributed by atoms with Gasteiger partial charge in [0.15, 0.2) is 0 Å². The Balaban J connectivity index is 0.00000149. The molecular formula is C21H41NO. The van der Waals surface area contributed by atoms with Crippen LogP contribution >= 0.6 is 0 Å². The molecule has 0 aromatic carbocycles. The number of allylic oxidation sites excluding steroid dienone is 3. The first kappa shape index (κ1) is 22.2. The van der Waals surface area contributed by atoms with Crippen molar-refractivity contribution in [2.45, 2.75) is 86.6 Å². The fourth-order valence-corrected chi connectivity index (χ4v) is 2.45. The SMILES string of the molecule is C/C(=C/C=C(/OCC1CCC(C)CC1)C(C)N)C(C)C.CCC. The van der Waals surface area contributed by atoms with Crippen LogP contribution in [0.2, 0.25) is 0 Å². The van der Waals surface area contributed by atoms with Gasteiger partial charge in [0.1, 0.15) is 5.76 Å². The van der Waals surface area contributed by atoms with Crippen molar-refractivity contribution >= 4 is 0 Å². The van der Waals surface area contributed by atoms with E-state index < -0.39 is 0 Å². The van der Waals surface area contributed by atoms with E-state index in [2.05, 4.69) is 53.7 Å². The highest BCUT2D eigenvalue weighted by atomic mass is 16.5. The normalized spacial score (nSPS) is 24.0. The molecule has 1 rings (SSSR count). The van der Waals surface area contributed by atoms with Gasteiger partial charge in [-0.05, 0) is 50.5 Å². The lowest BCUT2D eigenvalue weighted by Gasteiger charge is -2.27. The zero-order chi connectivity index (χ0) is 17.8. The van der Waals surface area contributed by atoms with E-state index in [1.807, 2.05) is 6.92 Å². The standard InChI is InChI=1S/C18H33NO.C3H8/c1-13(2)15(4)8-11-18(16(5)19)20-12-17-9-6-14(3)7-10-17;1-3-2/h8,11,13-14,16-17H,6-7,9-10,12,19H2,1-5H3;3H2,1-2H3/b15-8-,18-11+;. The number of nitrogens with two attached hydrogens (primary N) is 1. The molecule has 0 bridgehead atoms. The Kier molecular flexibility index (Phi) is 12.2. The summed E-state index contributed by atoms with van der Waals surface area (Å²) in [6.07, 6.45) is 10.7. The molecular weight excluding hydrogens is 282 g/mol. The van der Waals surface area contributed by atoms with Crippen LogP contribution in [0.15, 0.2) is 23.5 Å². The first-order valence-corrected chi connectivity index (χ1v) is 9.58. The topological polar surface area (TPSA) is 35.2 Å². The smallest absolute Gasteiger partial charge is 0.112 e. The monoisotopic (exact) mass is 323 g/mol. The first-order chi connectivity index (χ1) is 10.8. The van der Waals surface area contributed by atoms with Crippen molar-refractivity contribution in [3.8, 4) is 0 Å². The summed E-state index contributed by atoms with van der Waals surface area (Å²) in [6.45, 7) is 16.0. The van der Waals surface area contributed by atoms with Gasteiger partial charge in [0.2, 0.25) is 0 Å². The van der Waals surface area contributed by atoms with Crippen molar-refractivity contribution in [1.82, 2.24) is 0 Å². The Labute approximate surface area is 145 Å².